The zero-order chi connectivity index (χ0) is 22.6. The number of imidazole rings is 1. The second-order valence-corrected chi connectivity index (χ2v) is 11.4. The maximum absolute atomic E-state index is 12.9. The molecule has 1 unspecified atom stereocenters. The van der Waals surface area contributed by atoms with Crippen LogP contribution >= 0.6 is 0 Å². The van der Waals surface area contributed by atoms with E-state index in [0.29, 0.717) is 12.8 Å². The second-order valence-electron chi connectivity index (χ2n) is 11.4. The molecule has 1 aromatic heterocycles. The molecule has 164 valence electrons. The number of cyclic esters (lactones) is 1. The van der Waals surface area contributed by atoms with Gasteiger partial charge < -0.3 is 4.74 Å². The lowest BCUT2D eigenvalue weighted by Crippen LogP contribution is -2.48. The largest absolute Gasteiger partial charge is 0.435 e. The summed E-state index contributed by atoms with van der Waals surface area (Å²) in [6, 6.07) is 0. The summed E-state index contributed by atoms with van der Waals surface area (Å²) in [5.74, 6) is -0.290. The molecule has 0 bridgehead atoms. The first-order valence-electron chi connectivity index (χ1n) is 10.3. The second kappa shape index (κ2) is 7.03. The highest BCUT2D eigenvalue weighted by Crippen LogP contribution is 2.38. The van der Waals surface area contributed by atoms with E-state index in [2.05, 4.69) is 0 Å². The SMILES string of the molecule is CC(C)(CCC(C)(C)n1ccn(C(C)(C)C)c1=O)C1OC(=O)N(C(C)(C)C)C1=O. The molecule has 0 saturated carbocycles. The van der Waals surface area contributed by atoms with E-state index in [0.717, 1.165) is 0 Å². The molecule has 7 heteroatoms. The Hall–Kier alpha value is -2.05. The Morgan fingerprint density at radius 3 is 1.72 bits per heavy atom. The molecule has 2 rings (SSSR count). The average molecular weight is 408 g/mol. The number of carbonyl (C=O) groups is 2. The molecule has 0 radical (unpaired) electrons. The summed E-state index contributed by atoms with van der Waals surface area (Å²) in [7, 11) is 0. The highest BCUT2D eigenvalue weighted by Gasteiger charge is 2.52. The lowest BCUT2D eigenvalue weighted by Gasteiger charge is -2.34. The van der Waals surface area contributed by atoms with Crippen molar-refractivity contribution < 1.29 is 14.3 Å². The third-order valence-corrected chi connectivity index (χ3v) is 5.76. The Morgan fingerprint density at radius 1 is 0.793 bits per heavy atom. The van der Waals surface area contributed by atoms with Gasteiger partial charge in [0.1, 0.15) is 0 Å². The van der Waals surface area contributed by atoms with Crippen LogP contribution in [-0.4, -0.2) is 37.7 Å². The molecule has 1 fully saturated rings. The fourth-order valence-electron chi connectivity index (χ4n) is 3.74. The van der Waals surface area contributed by atoms with Crippen molar-refractivity contribution in [2.45, 2.75) is 105 Å². The van der Waals surface area contributed by atoms with Crippen molar-refractivity contribution in [2.75, 3.05) is 0 Å². The van der Waals surface area contributed by atoms with Crippen LogP contribution in [0.5, 0.6) is 0 Å². The number of imide groups is 1. The summed E-state index contributed by atoms with van der Waals surface area (Å²) in [5.41, 5.74) is -1.97. The minimum absolute atomic E-state index is 0.0532. The van der Waals surface area contributed by atoms with Gasteiger partial charge in [0.2, 0.25) is 0 Å². The van der Waals surface area contributed by atoms with Crippen LogP contribution in [0.2, 0.25) is 0 Å². The third kappa shape index (κ3) is 4.43. The maximum Gasteiger partial charge on any atom is 0.417 e. The van der Waals surface area contributed by atoms with Crippen LogP contribution in [-0.2, 0) is 20.6 Å². The minimum Gasteiger partial charge on any atom is -0.435 e. The topological polar surface area (TPSA) is 73.5 Å². The zero-order valence-corrected chi connectivity index (χ0v) is 19.6. The van der Waals surface area contributed by atoms with Crippen molar-refractivity contribution in [1.82, 2.24) is 14.0 Å². The third-order valence-electron chi connectivity index (χ3n) is 5.76. The Balaban J connectivity index is 2.20. The Bertz CT molecular complexity index is 847. The quantitative estimate of drug-likeness (QED) is 0.737. The molecular formula is C22H37N3O4. The molecule has 29 heavy (non-hydrogen) atoms. The summed E-state index contributed by atoms with van der Waals surface area (Å²) in [5, 5.41) is 0. The Kier molecular flexibility index (Phi) is 5.63. The molecule has 1 aliphatic rings. The lowest BCUT2D eigenvalue weighted by molar-refractivity contribution is -0.136. The molecule has 1 saturated heterocycles. The zero-order valence-electron chi connectivity index (χ0n) is 19.6. The van der Waals surface area contributed by atoms with Crippen molar-refractivity contribution in [2.24, 2.45) is 5.41 Å². The molecule has 0 spiro atoms. The Labute approximate surface area is 174 Å². The van der Waals surface area contributed by atoms with Gasteiger partial charge in [-0.25, -0.2) is 14.5 Å². The van der Waals surface area contributed by atoms with E-state index in [-0.39, 0.29) is 17.1 Å². The van der Waals surface area contributed by atoms with E-state index in [4.69, 9.17) is 4.74 Å². The monoisotopic (exact) mass is 407 g/mol. The number of rotatable bonds is 5. The van der Waals surface area contributed by atoms with E-state index in [1.807, 2.05) is 81.6 Å². The summed E-state index contributed by atoms with van der Waals surface area (Å²) in [4.78, 5) is 39.3. The first kappa shape index (κ1) is 23.2. The highest BCUT2D eigenvalue weighted by atomic mass is 16.6. The first-order valence-corrected chi connectivity index (χ1v) is 10.3. The van der Waals surface area contributed by atoms with Gasteiger partial charge >= 0.3 is 11.8 Å². The van der Waals surface area contributed by atoms with E-state index >= 15 is 0 Å². The summed E-state index contributed by atoms with van der Waals surface area (Å²) in [6.45, 7) is 19.3. The van der Waals surface area contributed by atoms with E-state index in [9.17, 15) is 14.4 Å². The number of hydrogen-bond acceptors (Lipinski definition) is 4. The van der Waals surface area contributed by atoms with Crippen molar-refractivity contribution in [3.8, 4) is 0 Å². The van der Waals surface area contributed by atoms with Crippen LogP contribution in [0.1, 0.15) is 82.1 Å². The number of hydrogen-bond donors (Lipinski definition) is 0. The molecule has 0 aliphatic carbocycles. The molecule has 0 N–H and O–H groups in total. The van der Waals surface area contributed by atoms with Gasteiger partial charge in [0.25, 0.3) is 5.91 Å². The average Bonchev–Trinajstić information content (AvgIpc) is 3.05. The molecule has 1 aliphatic heterocycles. The van der Waals surface area contributed by atoms with Crippen LogP contribution in [0.4, 0.5) is 4.79 Å². The van der Waals surface area contributed by atoms with Crippen LogP contribution in [0.3, 0.4) is 0 Å². The highest BCUT2D eigenvalue weighted by molar-refractivity contribution is 6.01. The van der Waals surface area contributed by atoms with Crippen LogP contribution in [0.15, 0.2) is 17.2 Å². The van der Waals surface area contributed by atoms with Gasteiger partial charge in [-0.1, -0.05) is 13.8 Å². The van der Waals surface area contributed by atoms with Gasteiger partial charge in [-0.3, -0.25) is 13.9 Å². The van der Waals surface area contributed by atoms with Crippen LogP contribution < -0.4 is 5.69 Å². The molecular weight excluding hydrogens is 370 g/mol. The van der Waals surface area contributed by atoms with Gasteiger partial charge in [0, 0.05) is 34.4 Å². The fraction of sp³-hybridized carbons (Fsp3) is 0.773. The first-order chi connectivity index (χ1) is 12.9. The molecule has 1 atom stereocenters. The predicted octanol–water partition coefficient (Wildman–Crippen LogP) is 4.09. The van der Waals surface area contributed by atoms with Crippen molar-refractivity contribution >= 4 is 12.0 Å². The van der Waals surface area contributed by atoms with Gasteiger partial charge in [-0.05, 0) is 68.2 Å². The van der Waals surface area contributed by atoms with Crippen molar-refractivity contribution in [1.29, 1.82) is 0 Å². The van der Waals surface area contributed by atoms with E-state index < -0.39 is 28.7 Å². The normalized spacial score (nSPS) is 19.1. The number of ether oxygens (including phenoxy) is 1. The van der Waals surface area contributed by atoms with Crippen LogP contribution in [0.25, 0.3) is 0 Å². The molecule has 7 nitrogen and oxygen atoms in total. The summed E-state index contributed by atoms with van der Waals surface area (Å²) < 4.78 is 8.96. The minimum atomic E-state index is -0.819. The fourth-order valence-corrected chi connectivity index (χ4v) is 3.74. The number of nitrogens with zero attached hydrogens (tertiary/aromatic N) is 3. The number of amides is 2. The lowest BCUT2D eigenvalue weighted by atomic mass is 9.78. The summed E-state index contributed by atoms with van der Waals surface area (Å²) >= 11 is 0. The van der Waals surface area contributed by atoms with Crippen molar-refractivity contribution in [3.05, 3.63) is 22.9 Å². The van der Waals surface area contributed by atoms with Gasteiger partial charge in [0.15, 0.2) is 6.10 Å². The predicted molar refractivity (Wildman–Crippen MR) is 113 cm³/mol. The number of aromatic nitrogens is 2. The standard InChI is InChI=1S/C22H37N3O4/c1-19(2,3)23-13-14-24(17(23)27)22(9,10)12-11-21(7,8)15-16(26)25(18(28)29-15)20(4,5)6/h13-15H,11-12H2,1-10H3. The molecule has 2 heterocycles. The number of carbonyl (C=O) groups excluding carboxylic acids is 2. The van der Waals surface area contributed by atoms with Crippen LogP contribution in [0, 0.1) is 5.41 Å². The molecule has 0 aromatic carbocycles. The van der Waals surface area contributed by atoms with Gasteiger partial charge in [-0.15, -0.1) is 0 Å². The van der Waals surface area contributed by atoms with Gasteiger partial charge in [0.05, 0.1) is 0 Å². The molecule has 1 aromatic rings. The van der Waals surface area contributed by atoms with E-state index in [1.54, 1.807) is 9.13 Å². The van der Waals surface area contributed by atoms with E-state index in [1.165, 1.54) is 4.90 Å². The smallest absolute Gasteiger partial charge is 0.417 e. The summed E-state index contributed by atoms with van der Waals surface area (Å²) in [6.07, 6.45) is 3.51. The maximum atomic E-state index is 12.9. The Morgan fingerprint density at radius 2 is 1.31 bits per heavy atom. The van der Waals surface area contributed by atoms with Gasteiger partial charge in [-0.2, -0.15) is 0 Å². The van der Waals surface area contributed by atoms with Crippen molar-refractivity contribution in [3.63, 3.8) is 0 Å². The molecule has 2 amide bonds.